The standard InChI is InChI=1S/C24H26F2N4O.C2H6/c1-5-14(6-2)15-9-10-21(27-12-15)30-19-11-18(22(16(25)7-3)17(26)8-4)29-20-13-28-24(31)23(19)20;1-2/h7-12,14H,3,5-6,13H2,1-2,4H3,(H,28,31)(H,27,29,30);1-2H3/b17-8+,22-16-;. The molecule has 5 nitrogen and oxygen atoms in total. The molecule has 1 aliphatic rings. The Labute approximate surface area is 194 Å². The molecule has 1 amide bonds. The summed E-state index contributed by atoms with van der Waals surface area (Å²) in [5.41, 5.74) is 2.04. The van der Waals surface area contributed by atoms with Crippen LogP contribution in [0.4, 0.5) is 20.3 Å². The second-order valence-electron chi connectivity index (χ2n) is 7.24. The van der Waals surface area contributed by atoms with E-state index in [9.17, 15) is 13.6 Å². The highest BCUT2D eigenvalue weighted by Crippen LogP contribution is 2.34. The maximum atomic E-state index is 14.5. The Kier molecular flexibility index (Phi) is 9.45. The van der Waals surface area contributed by atoms with Gasteiger partial charge in [0.25, 0.3) is 5.91 Å². The topological polar surface area (TPSA) is 66.9 Å². The Morgan fingerprint density at radius 3 is 2.52 bits per heavy atom. The molecule has 0 radical (unpaired) electrons. The van der Waals surface area contributed by atoms with Crippen molar-refractivity contribution in [3.05, 3.63) is 77.3 Å². The van der Waals surface area contributed by atoms with Crippen LogP contribution in [0.3, 0.4) is 0 Å². The summed E-state index contributed by atoms with van der Waals surface area (Å²) in [6.45, 7) is 13.3. The molecular weight excluding hydrogens is 422 g/mol. The summed E-state index contributed by atoms with van der Waals surface area (Å²) in [5.74, 6) is -0.941. The molecular formula is C26H32F2N4O. The average Bonchev–Trinajstić information content (AvgIpc) is 3.22. The number of carbonyl (C=O) groups excluding carboxylic acids is 1. The highest BCUT2D eigenvalue weighted by molar-refractivity contribution is 6.04. The van der Waals surface area contributed by atoms with Crippen LogP contribution < -0.4 is 10.6 Å². The van der Waals surface area contributed by atoms with Gasteiger partial charge in [-0.2, -0.15) is 0 Å². The molecule has 1 aliphatic heterocycles. The third-order valence-electron chi connectivity index (χ3n) is 5.41. The van der Waals surface area contributed by atoms with E-state index < -0.39 is 11.7 Å². The van der Waals surface area contributed by atoms with E-state index in [0.717, 1.165) is 30.6 Å². The van der Waals surface area contributed by atoms with Gasteiger partial charge < -0.3 is 10.6 Å². The van der Waals surface area contributed by atoms with Crippen LogP contribution in [-0.2, 0) is 6.54 Å². The summed E-state index contributed by atoms with van der Waals surface area (Å²) in [7, 11) is 0. The first-order valence-electron chi connectivity index (χ1n) is 11.3. The van der Waals surface area contributed by atoms with Gasteiger partial charge in [-0.1, -0.05) is 46.4 Å². The Morgan fingerprint density at radius 1 is 1.27 bits per heavy atom. The molecule has 0 spiro atoms. The van der Waals surface area contributed by atoms with Gasteiger partial charge in [0.15, 0.2) is 0 Å². The fourth-order valence-corrected chi connectivity index (χ4v) is 3.68. The molecule has 0 saturated carbocycles. The lowest BCUT2D eigenvalue weighted by molar-refractivity contribution is 0.0966. The number of allylic oxidation sites excluding steroid dienone is 5. The van der Waals surface area contributed by atoms with Crippen molar-refractivity contribution in [2.24, 2.45) is 0 Å². The molecule has 2 N–H and O–H groups in total. The Balaban J connectivity index is 0.00000187. The Morgan fingerprint density at radius 2 is 1.97 bits per heavy atom. The second-order valence-corrected chi connectivity index (χ2v) is 7.24. The maximum absolute atomic E-state index is 14.5. The minimum Gasteiger partial charge on any atom is -0.346 e. The summed E-state index contributed by atoms with van der Waals surface area (Å²) in [5, 5.41) is 5.82. The van der Waals surface area contributed by atoms with E-state index in [1.807, 2.05) is 32.2 Å². The number of rotatable bonds is 8. The largest absolute Gasteiger partial charge is 0.346 e. The first-order valence-corrected chi connectivity index (χ1v) is 11.3. The van der Waals surface area contributed by atoms with Crippen molar-refractivity contribution in [3.8, 4) is 0 Å². The third kappa shape index (κ3) is 5.72. The van der Waals surface area contributed by atoms with Crippen molar-refractivity contribution in [1.82, 2.24) is 15.3 Å². The lowest BCUT2D eigenvalue weighted by Gasteiger charge is -2.15. The van der Waals surface area contributed by atoms with Crippen LogP contribution in [0.25, 0.3) is 5.57 Å². The fourth-order valence-electron chi connectivity index (χ4n) is 3.68. The number of carbonyl (C=O) groups is 1. The van der Waals surface area contributed by atoms with Crippen molar-refractivity contribution >= 4 is 23.0 Å². The van der Waals surface area contributed by atoms with Gasteiger partial charge >= 0.3 is 0 Å². The third-order valence-corrected chi connectivity index (χ3v) is 5.41. The number of nitrogens with one attached hydrogen (secondary N) is 2. The molecule has 3 heterocycles. The van der Waals surface area contributed by atoms with E-state index in [-0.39, 0.29) is 23.7 Å². The monoisotopic (exact) mass is 454 g/mol. The van der Waals surface area contributed by atoms with E-state index in [2.05, 4.69) is 41.0 Å². The molecule has 0 saturated heterocycles. The highest BCUT2D eigenvalue weighted by atomic mass is 19.1. The molecule has 0 atom stereocenters. The maximum Gasteiger partial charge on any atom is 0.255 e. The van der Waals surface area contributed by atoms with Crippen LogP contribution in [0.5, 0.6) is 0 Å². The quantitative estimate of drug-likeness (QED) is 0.416. The van der Waals surface area contributed by atoms with E-state index in [4.69, 9.17) is 0 Å². The Hall–Kier alpha value is -3.35. The van der Waals surface area contributed by atoms with Crippen LogP contribution in [0.2, 0.25) is 0 Å². The molecule has 2 aromatic rings. The number of hydrogen-bond acceptors (Lipinski definition) is 4. The number of fused-ring (bicyclic) bond motifs is 1. The molecule has 33 heavy (non-hydrogen) atoms. The number of nitrogens with zero attached hydrogens (tertiary/aromatic N) is 2. The molecule has 3 rings (SSSR count). The van der Waals surface area contributed by atoms with Gasteiger partial charge in [-0.05, 0) is 49.5 Å². The summed E-state index contributed by atoms with van der Waals surface area (Å²) in [6, 6.07) is 5.29. The lowest BCUT2D eigenvalue weighted by atomic mass is 9.96. The van der Waals surface area contributed by atoms with Crippen LogP contribution in [0, 0.1) is 0 Å². The lowest BCUT2D eigenvalue weighted by Crippen LogP contribution is -2.13. The predicted octanol–water partition coefficient (Wildman–Crippen LogP) is 7.13. The van der Waals surface area contributed by atoms with Crippen molar-refractivity contribution in [3.63, 3.8) is 0 Å². The van der Waals surface area contributed by atoms with Crippen LogP contribution >= 0.6 is 0 Å². The average molecular weight is 455 g/mol. The molecule has 0 aliphatic carbocycles. The van der Waals surface area contributed by atoms with Gasteiger partial charge in [0, 0.05) is 6.20 Å². The summed E-state index contributed by atoms with van der Waals surface area (Å²) >= 11 is 0. The van der Waals surface area contributed by atoms with Crippen molar-refractivity contribution in [2.45, 2.75) is 59.9 Å². The van der Waals surface area contributed by atoms with E-state index >= 15 is 0 Å². The molecule has 0 aromatic carbocycles. The van der Waals surface area contributed by atoms with Crippen LogP contribution in [0.1, 0.15) is 80.7 Å². The number of hydrogen-bond donors (Lipinski definition) is 2. The van der Waals surface area contributed by atoms with Gasteiger partial charge in [0.1, 0.15) is 17.5 Å². The fraction of sp³-hybridized carbons (Fsp3) is 0.346. The van der Waals surface area contributed by atoms with Crippen molar-refractivity contribution in [1.29, 1.82) is 0 Å². The highest BCUT2D eigenvalue weighted by Gasteiger charge is 2.27. The first-order chi connectivity index (χ1) is 15.9. The predicted molar refractivity (Wildman–Crippen MR) is 131 cm³/mol. The summed E-state index contributed by atoms with van der Waals surface area (Å²) in [4.78, 5) is 21.2. The molecule has 0 bridgehead atoms. The zero-order chi connectivity index (χ0) is 24.5. The normalized spacial score (nSPS) is 13.6. The van der Waals surface area contributed by atoms with Gasteiger partial charge in [0.2, 0.25) is 0 Å². The van der Waals surface area contributed by atoms with Gasteiger partial charge in [-0.3, -0.25) is 4.79 Å². The number of anilines is 2. The summed E-state index contributed by atoms with van der Waals surface area (Å²) < 4.78 is 28.9. The molecule has 0 fully saturated rings. The molecule has 176 valence electrons. The zero-order valence-corrected chi connectivity index (χ0v) is 19.9. The van der Waals surface area contributed by atoms with Crippen LogP contribution in [-0.4, -0.2) is 15.9 Å². The van der Waals surface area contributed by atoms with E-state index in [0.29, 0.717) is 28.7 Å². The smallest absolute Gasteiger partial charge is 0.255 e. The van der Waals surface area contributed by atoms with Gasteiger partial charge in [0.05, 0.1) is 34.8 Å². The second kappa shape index (κ2) is 12.0. The first kappa shape index (κ1) is 25.9. The zero-order valence-electron chi connectivity index (χ0n) is 19.9. The van der Waals surface area contributed by atoms with Crippen molar-refractivity contribution in [2.75, 3.05) is 5.32 Å². The van der Waals surface area contributed by atoms with E-state index in [1.165, 1.54) is 13.0 Å². The number of halogens is 2. The van der Waals surface area contributed by atoms with Gasteiger partial charge in [-0.15, -0.1) is 0 Å². The minimum absolute atomic E-state index is 0.0689. The number of amides is 1. The van der Waals surface area contributed by atoms with E-state index in [1.54, 1.807) is 0 Å². The molecule has 2 aromatic heterocycles. The molecule has 0 unspecified atom stereocenters. The Bertz CT molecular complexity index is 1050. The van der Waals surface area contributed by atoms with Crippen molar-refractivity contribution < 1.29 is 13.6 Å². The molecule has 7 heteroatoms. The minimum atomic E-state index is -0.834. The van der Waals surface area contributed by atoms with Gasteiger partial charge in [-0.25, -0.2) is 18.7 Å². The van der Waals surface area contributed by atoms with Crippen LogP contribution in [0.15, 0.2) is 54.8 Å². The SMILES string of the molecule is C=C/C(F)=C(\C(F)=C/C)c1cc(Nc2ccc(C(CC)CC)cn2)c2c(n1)CNC2=O.CC. The summed E-state index contributed by atoms with van der Waals surface area (Å²) in [6.07, 6.45) is 5.94. The number of pyridine rings is 2. The number of aromatic nitrogens is 2.